The van der Waals surface area contributed by atoms with Crippen molar-refractivity contribution in [2.24, 2.45) is 0 Å². The molecule has 3 heteroatoms. The van der Waals surface area contributed by atoms with Crippen molar-refractivity contribution in [1.82, 2.24) is 4.98 Å². The molecule has 0 atom stereocenters. The highest BCUT2D eigenvalue weighted by Gasteiger charge is 2.19. The Morgan fingerprint density at radius 1 is 0.724 bits per heavy atom. The Kier molecular flexibility index (Phi) is 4.14. The largest absolute Gasteiger partial charge is 0.455 e. The van der Waals surface area contributed by atoms with Gasteiger partial charge in [-0.15, -0.1) is 0 Å². The van der Waals surface area contributed by atoms with Crippen molar-refractivity contribution in [3.63, 3.8) is 0 Å². The zero-order chi connectivity index (χ0) is 20.0. The van der Waals surface area contributed by atoms with Gasteiger partial charge in [0, 0.05) is 22.5 Å². The number of nitrogens with zero attached hydrogens (tertiary/aromatic N) is 1. The molecule has 0 saturated carbocycles. The van der Waals surface area contributed by atoms with E-state index in [4.69, 9.17) is 9.40 Å². The third-order valence-electron chi connectivity index (χ3n) is 5.52. The van der Waals surface area contributed by atoms with E-state index in [1.54, 1.807) is 0 Å². The van der Waals surface area contributed by atoms with Crippen LogP contribution in [0.5, 0.6) is 0 Å². The number of pyridine rings is 1. The number of hydrogen-bond acceptors (Lipinski definition) is 2. The molecule has 0 bridgehead atoms. The highest BCUT2D eigenvalue weighted by molar-refractivity contribution is 6.88. The van der Waals surface area contributed by atoms with Crippen molar-refractivity contribution in [1.29, 1.82) is 0 Å². The van der Waals surface area contributed by atoms with Gasteiger partial charge in [0.25, 0.3) is 0 Å². The van der Waals surface area contributed by atoms with Crippen LogP contribution in [-0.2, 0) is 0 Å². The van der Waals surface area contributed by atoms with E-state index in [0.717, 1.165) is 33.2 Å². The van der Waals surface area contributed by atoms with Crippen molar-refractivity contribution in [2.75, 3.05) is 0 Å². The van der Waals surface area contributed by atoms with Crippen LogP contribution >= 0.6 is 0 Å². The lowest BCUT2D eigenvalue weighted by molar-refractivity contribution is 0.670. The summed E-state index contributed by atoms with van der Waals surface area (Å²) in [6.07, 6.45) is 2.04. The van der Waals surface area contributed by atoms with Gasteiger partial charge in [-0.1, -0.05) is 80.3 Å². The van der Waals surface area contributed by atoms with E-state index < -0.39 is 8.07 Å². The molecule has 0 saturated heterocycles. The first-order valence-corrected chi connectivity index (χ1v) is 13.5. The molecule has 0 aliphatic heterocycles. The fraction of sp³-hybridized carbons (Fsp3) is 0.115. The highest BCUT2D eigenvalue weighted by atomic mass is 28.3. The molecule has 5 aromatic rings. The van der Waals surface area contributed by atoms with Gasteiger partial charge in [0.2, 0.25) is 0 Å². The maximum Gasteiger partial charge on any atom is 0.145 e. The molecule has 2 nitrogen and oxygen atoms in total. The summed E-state index contributed by atoms with van der Waals surface area (Å²) in [5.74, 6) is 0. The van der Waals surface area contributed by atoms with Crippen LogP contribution in [0, 0.1) is 0 Å². The summed E-state index contributed by atoms with van der Waals surface area (Å²) in [4.78, 5) is 4.81. The van der Waals surface area contributed by atoms with Gasteiger partial charge in [-0.05, 0) is 34.5 Å². The zero-order valence-electron chi connectivity index (χ0n) is 16.9. The Balaban J connectivity index is 1.78. The number of rotatable bonds is 3. The molecule has 0 radical (unpaired) electrons. The summed E-state index contributed by atoms with van der Waals surface area (Å²) in [5.41, 5.74) is 6.19. The summed E-state index contributed by atoms with van der Waals surface area (Å²) in [7, 11) is -1.38. The second kappa shape index (κ2) is 6.71. The average Bonchev–Trinajstić information content (AvgIpc) is 3.13. The van der Waals surface area contributed by atoms with Gasteiger partial charge in [0.05, 0.1) is 13.8 Å². The number of hydrogen-bond donors (Lipinski definition) is 0. The summed E-state index contributed by atoms with van der Waals surface area (Å²) >= 11 is 0. The first-order valence-electron chi connectivity index (χ1n) is 9.99. The molecule has 2 aromatic heterocycles. The van der Waals surface area contributed by atoms with Crippen molar-refractivity contribution in [3.8, 4) is 22.4 Å². The number of aromatic nitrogens is 1. The number of benzene rings is 3. The molecule has 0 spiro atoms. The molecule has 0 aliphatic carbocycles. The van der Waals surface area contributed by atoms with E-state index in [-0.39, 0.29) is 0 Å². The predicted octanol–water partition coefficient (Wildman–Crippen LogP) is 6.86. The minimum absolute atomic E-state index is 0.904. The first-order chi connectivity index (χ1) is 14.0. The Bertz CT molecular complexity index is 1310. The predicted molar refractivity (Wildman–Crippen MR) is 125 cm³/mol. The fourth-order valence-corrected chi connectivity index (χ4v) is 4.92. The Hall–Kier alpha value is -3.17. The molecular weight excluding hydrogens is 370 g/mol. The molecule has 0 aliphatic rings. The van der Waals surface area contributed by atoms with Crippen LogP contribution in [-0.4, -0.2) is 13.1 Å². The summed E-state index contributed by atoms with van der Waals surface area (Å²) in [5, 5.41) is 3.66. The molecule has 5 rings (SSSR count). The third-order valence-corrected chi connectivity index (χ3v) is 7.54. The van der Waals surface area contributed by atoms with Crippen LogP contribution in [0.15, 0.2) is 89.5 Å². The average molecular weight is 394 g/mol. The lowest BCUT2D eigenvalue weighted by Crippen LogP contribution is -2.37. The van der Waals surface area contributed by atoms with E-state index in [2.05, 4.69) is 80.3 Å². The molecule has 0 amide bonds. The Labute approximate surface area is 171 Å². The molecule has 142 valence electrons. The lowest BCUT2D eigenvalue weighted by Gasteiger charge is -2.16. The molecule has 0 unspecified atom stereocenters. The van der Waals surface area contributed by atoms with Crippen molar-refractivity contribution < 1.29 is 4.42 Å². The lowest BCUT2D eigenvalue weighted by atomic mass is 9.96. The smallest absolute Gasteiger partial charge is 0.145 e. The minimum atomic E-state index is -1.38. The highest BCUT2D eigenvalue weighted by Crippen LogP contribution is 2.41. The van der Waals surface area contributed by atoms with E-state index in [1.165, 1.54) is 16.3 Å². The van der Waals surface area contributed by atoms with Crippen LogP contribution in [0.1, 0.15) is 0 Å². The van der Waals surface area contributed by atoms with Crippen LogP contribution in [0.4, 0.5) is 0 Å². The van der Waals surface area contributed by atoms with Crippen molar-refractivity contribution in [2.45, 2.75) is 19.6 Å². The first kappa shape index (κ1) is 17.9. The molecule has 0 fully saturated rings. The third kappa shape index (κ3) is 3.08. The van der Waals surface area contributed by atoms with Gasteiger partial charge in [-0.3, -0.25) is 4.98 Å². The van der Waals surface area contributed by atoms with Gasteiger partial charge >= 0.3 is 0 Å². The second-order valence-electron chi connectivity index (χ2n) is 8.51. The minimum Gasteiger partial charge on any atom is -0.455 e. The van der Waals surface area contributed by atoms with Crippen molar-refractivity contribution >= 4 is 35.2 Å². The fourth-order valence-electron chi connectivity index (χ4n) is 3.89. The SMILES string of the molecule is C[Si](C)(C)c1ccc(-c2ccc(-c3ccccc3)c3c2oc2ccccc23)nc1. The summed E-state index contributed by atoms with van der Waals surface area (Å²) in [6.45, 7) is 7.03. The Morgan fingerprint density at radius 2 is 1.45 bits per heavy atom. The number of furan rings is 1. The van der Waals surface area contributed by atoms with Gasteiger partial charge in [0.1, 0.15) is 11.2 Å². The topological polar surface area (TPSA) is 26.0 Å². The molecule has 2 heterocycles. The standard InChI is InChI=1S/C26H23NOSi/c1-29(2,3)19-13-16-23(27-17-19)21-15-14-20(18-9-5-4-6-10-18)25-22-11-7-8-12-24(22)28-26(21)25/h4-17H,1-3H3. The molecule has 0 N–H and O–H groups in total. The van der Waals surface area contributed by atoms with Gasteiger partial charge in [-0.25, -0.2) is 0 Å². The maximum atomic E-state index is 6.37. The van der Waals surface area contributed by atoms with E-state index in [9.17, 15) is 0 Å². The molecular formula is C26H23NOSi. The van der Waals surface area contributed by atoms with Crippen molar-refractivity contribution in [3.05, 3.63) is 85.1 Å². The zero-order valence-corrected chi connectivity index (χ0v) is 17.9. The van der Waals surface area contributed by atoms with Gasteiger partial charge in [-0.2, -0.15) is 0 Å². The number of fused-ring (bicyclic) bond motifs is 3. The second-order valence-corrected chi connectivity index (χ2v) is 13.6. The Morgan fingerprint density at radius 3 is 2.17 bits per heavy atom. The van der Waals surface area contributed by atoms with Crippen LogP contribution < -0.4 is 5.19 Å². The summed E-state index contributed by atoms with van der Waals surface area (Å²) in [6, 6.07) is 27.5. The molecule has 3 aromatic carbocycles. The van der Waals surface area contributed by atoms with Crippen LogP contribution in [0.3, 0.4) is 0 Å². The maximum absolute atomic E-state index is 6.37. The quantitative estimate of drug-likeness (QED) is 0.313. The summed E-state index contributed by atoms with van der Waals surface area (Å²) < 4.78 is 6.37. The normalized spacial score (nSPS) is 12.0. The van der Waals surface area contributed by atoms with E-state index in [1.807, 2.05) is 24.4 Å². The monoisotopic (exact) mass is 393 g/mol. The van der Waals surface area contributed by atoms with Crippen LogP contribution in [0.2, 0.25) is 19.6 Å². The van der Waals surface area contributed by atoms with Crippen LogP contribution in [0.25, 0.3) is 44.3 Å². The van der Waals surface area contributed by atoms with E-state index >= 15 is 0 Å². The van der Waals surface area contributed by atoms with E-state index in [0.29, 0.717) is 0 Å². The molecule has 29 heavy (non-hydrogen) atoms. The number of para-hydroxylation sites is 1. The van der Waals surface area contributed by atoms with Gasteiger partial charge in [0.15, 0.2) is 0 Å². The van der Waals surface area contributed by atoms with Gasteiger partial charge < -0.3 is 4.42 Å².